The van der Waals surface area contributed by atoms with Crippen molar-refractivity contribution < 1.29 is 4.79 Å². The highest BCUT2D eigenvalue weighted by Crippen LogP contribution is 2.17. The van der Waals surface area contributed by atoms with E-state index in [9.17, 15) is 4.79 Å². The monoisotopic (exact) mass is 278 g/mol. The number of carbonyl (C=O) groups is 1. The van der Waals surface area contributed by atoms with Crippen molar-refractivity contribution in [2.24, 2.45) is 13.0 Å². The van der Waals surface area contributed by atoms with Gasteiger partial charge in [-0.05, 0) is 56.7 Å². The number of hydrogen-bond acceptors (Lipinski definition) is 3. The Morgan fingerprint density at radius 3 is 3.00 bits per heavy atom. The number of carbonyl (C=O) groups excluding carboxylic acids is 1. The van der Waals surface area contributed by atoms with Crippen LogP contribution in [0, 0.1) is 5.92 Å². The fourth-order valence-corrected chi connectivity index (χ4v) is 2.72. The second-order valence-corrected chi connectivity index (χ2v) is 5.71. The van der Waals surface area contributed by atoms with Gasteiger partial charge in [-0.1, -0.05) is 0 Å². The molecule has 2 N–H and O–H groups in total. The van der Waals surface area contributed by atoms with Gasteiger partial charge in [0.2, 0.25) is 5.91 Å². The molecule has 1 amide bonds. The van der Waals surface area contributed by atoms with Crippen molar-refractivity contribution in [2.75, 3.05) is 19.6 Å². The molecular formula is C15H26N4O. The summed E-state index contributed by atoms with van der Waals surface area (Å²) in [6, 6.07) is 0. The lowest BCUT2D eigenvalue weighted by Crippen LogP contribution is -2.29. The van der Waals surface area contributed by atoms with E-state index in [4.69, 9.17) is 0 Å². The van der Waals surface area contributed by atoms with E-state index in [1.807, 2.05) is 24.1 Å². The van der Waals surface area contributed by atoms with Crippen LogP contribution in [0.2, 0.25) is 0 Å². The maximum atomic E-state index is 11.8. The van der Waals surface area contributed by atoms with Gasteiger partial charge in [0.1, 0.15) is 0 Å². The van der Waals surface area contributed by atoms with Gasteiger partial charge in [-0.3, -0.25) is 9.48 Å². The molecular weight excluding hydrogens is 252 g/mol. The maximum absolute atomic E-state index is 11.8. The standard InChI is InChI=1S/C15H26N4O/c1-19-12-14(11-18-19)3-2-8-17-15(20)5-4-13-6-9-16-10-7-13/h11-13,16H,2-10H2,1H3,(H,17,20). The molecule has 0 aromatic carbocycles. The first-order valence-corrected chi connectivity index (χ1v) is 7.69. The van der Waals surface area contributed by atoms with Gasteiger partial charge in [0, 0.05) is 26.2 Å². The largest absolute Gasteiger partial charge is 0.356 e. The van der Waals surface area contributed by atoms with Crippen LogP contribution in [0.1, 0.15) is 37.7 Å². The second kappa shape index (κ2) is 8.04. The first kappa shape index (κ1) is 15.0. The zero-order chi connectivity index (χ0) is 14.2. The summed E-state index contributed by atoms with van der Waals surface area (Å²) in [6.07, 6.45) is 10.0. The van der Waals surface area contributed by atoms with Crippen LogP contribution in [-0.2, 0) is 18.3 Å². The van der Waals surface area contributed by atoms with Gasteiger partial charge in [-0.2, -0.15) is 5.10 Å². The van der Waals surface area contributed by atoms with Crippen molar-refractivity contribution in [3.63, 3.8) is 0 Å². The lowest BCUT2D eigenvalue weighted by molar-refractivity contribution is -0.121. The number of hydrogen-bond donors (Lipinski definition) is 2. The summed E-state index contributed by atoms with van der Waals surface area (Å²) in [5.41, 5.74) is 1.23. The number of rotatable bonds is 7. The highest BCUT2D eigenvalue weighted by molar-refractivity contribution is 5.75. The molecule has 2 heterocycles. The molecule has 0 saturated carbocycles. The third-order valence-electron chi connectivity index (χ3n) is 3.96. The number of aromatic nitrogens is 2. The van der Waals surface area contributed by atoms with E-state index in [-0.39, 0.29) is 5.91 Å². The van der Waals surface area contributed by atoms with Gasteiger partial charge < -0.3 is 10.6 Å². The van der Waals surface area contributed by atoms with Crippen LogP contribution in [-0.4, -0.2) is 35.3 Å². The summed E-state index contributed by atoms with van der Waals surface area (Å²) in [5, 5.41) is 10.5. The van der Waals surface area contributed by atoms with Gasteiger partial charge in [0.25, 0.3) is 0 Å². The molecule has 0 spiro atoms. The molecule has 1 aliphatic heterocycles. The Balaban J connectivity index is 1.51. The van der Waals surface area contributed by atoms with Crippen LogP contribution in [0.4, 0.5) is 0 Å². The third kappa shape index (κ3) is 5.33. The Bertz CT molecular complexity index is 410. The number of piperidine rings is 1. The first-order valence-electron chi connectivity index (χ1n) is 7.69. The summed E-state index contributed by atoms with van der Waals surface area (Å²) in [6.45, 7) is 2.98. The quantitative estimate of drug-likeness (QED) is 0.738. The van der Waals surface area contributed by atoms with Gasteiger partial charge in [-0.15, -0.1) is 0 Å². The zero-order valence-corrected chi connectivity index (χ0v) is 12.4. The van der Waals surface area contributed by atoms with Crippen molar-refractivity contribution in [3.8, 4) is 0 Å². The number of aryl methyl sites for hydroxylation is 2. The molecule has 0 unspecified atom stereocenters. The molecule has 112 valence electrons. The predicted molar refractivity (Wildman–Crippen MR) is 79.4 cm³/mol. The first-order chi connectivity index (χ1) is 9.74. The lowest BCUT2D eigenvalue weighted by Gasteiger charge is -2.22. The summed E-state index contributed by atoms with van der Waals surface area (Å²) < 4.78 is 1.81. The van der Waals surface area contributed by atoms with Gasteiger partial charge in [0.05, 0.1) is 6.20 Å². The molecule has 0 aliphatic carbocycles. The van der Waals surface area contributed by atoms with Crippen molar-refractivity contribution in [1.29, 1.82) is 0 Å². The minimum atomic E-state index is 0.203. The van der Waals surface area contributed by atoms with Crippen LogP contribution >= 0.6 is 0 Å². The average molecular weight is 278 g/mol. The smallest absolute Gasteiger partial charge is 0.220 e. The normalized spacial score (nSPS) is 16.2. The summed E-state index contributed by atoms with van der Waals surface area (Å²) in [7, 11) is 1.92. The molecule has 5 nitrogen and oxygen atoms in total. The second-order valence-electron chi connectivity index (χ2n) is 5.71. The van der Waals surface area contributed by atoms with Crippen molar-refractivity contribution >= 4 is 5.91 Å². The molecule has 20 heavy (non-hydrogen) atoms. The average Bonchev–Trinajstić information content (AvgIpc) is 2.88. The maximum Gasteiger partial charge on any atom is 0.220 e. The van der Waals surface area contributed by atoms with Crippen LogP contribution < -0.4 is 10.6 Å². The topological polar surface area (TPSA) is 59.0 Å². The summed E-state index contributed by atoms with van der Waals surface area (Å²) in [5.74, 6) is 0.937. The molecule has 0 bridgehead atoms. The van der Waals surface area contributed by atoms with Crippen molar-refractivity contribution in [3.05, 3.63) is 18.0 Å². The van der Waals surface area contributed by atoms with Crippen LogP contribution in [0.5, 0.6) is 0 Å². The number of nitrogens with one attached hydrogen (secondary N) is 2. The molecule has 1 aromatic heterocycles. The van der Waals surface area contributed by atoms with E-state index >= 15 is 0 Å². The molecule has 0 radical (unpaired) electrons. The molecule has 0 atom stereocenters. The highest BCUT2D eigenvalue weighted by Gasteiger charge is 2.14. The summed E-state index contributed by atoms with van der Waals surface area (Å²) >= 11 is 0. The van der Waals surface area contributed by atoms with Crippen molar-refractivity contribution in [2.45, 2.75) is 38.5 Å². The molecule has 1 aromatic rings. The number of nitrogens with zero attached hydrogens (tertiary/aromatic N) is 2. The van der Waals surface area contributed by atoms with E-state index in [1.54, 1.807) is 0 Å². The van der Waals surface area contributed by atoms with Gasteiger partial charge >= 0.3 is 0 Å². The zero-order valence-electron chi connectivity index (χ0n) is 12.4. The fourth-order valence-electron chi connectivity index (χ4n) is 2.72. The third-order valence-corrected chi connectivity index (χ3v) is 3.96. The van der Waals surface area contributed by atoms with Crippen LogP contribution in [0.3, 0.4) is 0 Å². The van der Waals surface area contributed by atoms with E-state index in [0.717, 1.165) is 44.8 Å². The van der Waals surface area contributed by atoms with Gasteiger partial charge in [0.15, 0.2) is 0 Å². The summed E-state index contributed by atoms with van der Waals surface area (Å²) in [4.78, 5) is 11.8. The Morgan fingerprint density at radius 2 is 2.30 bits per heavy atom. The Hall–Kier alpha value is -1.36. The molecule has 5 heteroatoms. The molecule has 1 fully saturated rings. The molecule has 1 aliphatic rings. The van der Waals surface area contributed by atoms with Crippen LogP contribution in [0.15, 0.2) is 12.4 Å². The fraction of sp³-hybridized carbons (Fsp3) is 0.733. The van der Waals surface area contributed by atoms with E-state index in [0.29, 0.717) is 6.42 Å². The van der Waals surface area contributed by atoms with E-state index in [2.05, 4.69) is 15.7 Å². The molecule has 1 saturated heterocycles. The molecule has 2 rings (SSSR count). The van der Waals surface area contributed by atoms with E-state index in [1.165, 1.54) is 18.4 Å². The minimum Gasteiger partial charge on any atom is -0.356 e. The SMILES string of the molecule is Cn1cc(CCCNC(=O)CCC2CCNCC2)cn1. The predicted octanol–water partition coefficient (Wildman–Crippen LogP) is 1.25. The van der Waals surface area contributed by atoms with Crippen LogP contribution in [0.25, 0.3) is 0 Å². The Morgan fingerprint density at radius 1 is 1.50 bits per heavy atom. The Labute approximate surface area is 121 Å². The van der Waals surface area contributed by atoms with Gasteiger partial charge in [-0.25, -0.2) is 0 Å². The van der Waals surface area contributed by atoms with Crippen molar-refractivity contribution in [1.82, 2.24) is 20.4 Å². The lowest BCUT2D eigenvalue weighted by atomic mass is 9.93. The number of amides is 1. The minimum absolute atomic E-state index is 0.203. The highest BCUT2D eigenvalue weighted by atomic mass is 16.1. The Kier molecular flexibility index (Phi) is 6.05. The van der Waals surface area contributed by atoms with E-state index < -0.39 is 0 Å².